The molecular weight excluding hydrogens is 175 g/mol. The van der Waals surface area contributed by atoms with Crippen LogP contribution in [-0.4, -0.2) is 23.0 Å². The third-order valence-corrected chi connectivity index (χ3v) is 2.67. The number of rotatable bonds is 2. The van der Waals surface area contributed by atoms with E-state index in [1.807, 2.05) is 0 Å². The Balaban J connectivity index is 2.27. The van der Waals surface area contributed by atoms with Gasteiger partial charge in [-0.3, -0.25) is 5.50 Å². The lowest BCUT2D eigenvalue weighted by Gasteiger charge is -2.35. The second-order valence-corrected chi connectivity index (χ2v) is 4.75. The van der Waals surface area contributed by atoms with Crippen molar-refractivity contribution in [2.45, 2.75) is 26.7 Å². The van der Waals surface area contributed by atoms with E-state index >= 15 is 0 Å². The van der Waals surface area contributed by atoms with Crippen molar-refractivity contribution in [1.82, 2.24) is 5.06 Å². The first-order chi connectivity index (χ1) is 5.49. The molecule has 72 valence electrons. The van der Waals surface area contributed by atoms with Crippen molar-refractivity contribution in [2.24, 2.45) is 10.9 Å². The molecule has 4 nitrogen and oxygen atoms in total. The smallest absolute Gasteiger partial charge is 0.268 e. The lowest BCUT2D eigenvalue weighted by molar-refractivity contribution is -0.0913. The minimum absolute atomic E-state index is 0.409. The van der Waals surface area contributed by atoms with Gasteiger partial charge in [-0.25, -0.2) is 4.62 Å². The third-order valence-electron chi connectivity index (χ3n) is 2.28. The predicted molar refractivity (Wildman–Crippen MR) is 49.0 cm³/mol. The Morgan fingerprint density at radius 3 is 2.33 bits per heavy atom. The van der Waals surface area contributed by atoms with Gasteiger partial charge in [0.1, 0.15) is 0 Å². The highest BCUT2D eigenvalue weighted by molar-refractivity contribution is 7.43. The monoisotopic (exact) mass is 192 g/mol. The van der Waals surface area contributed by atoms with Crippen LogP contribution in [0.1, 0.15) is 26.7 Å². The van der Waals surface area contributed by atoms with E-state index < -0.39 is 8.53 Å². The lowest BCUT2D eigenvalue weighted by atomic mass is 9.83. The fourth-order valence-corrected chi connectivity index (χ4v) is 1.69. The summed E-state index contributed by atoms with van der Waals surface area (Å²) in [7, 11) is -1.73. The van der Waals surface area contributed by atoms with Crippen LogP contribution in [0, 0.1) is 5.41 Å². The molecule has 1 aliphatic heterocycles. The Morgan fingerprint density at radius 2 is 1.92 bits per heavy atom. The summed E-state index contributed by atoms with van der Waals surface area (Å²) in [4.78, 5) is 8.81. The third kappa shape index (κ3) is 3.33. The molecule has 0 aromatic heterocycles. The molecule has 0 bridgehead atoms. The highest BCUT2D eigenvalue weighted by atomic mass is 31.2. The summed E-state index contributed by atoms with van der Waals surface area (Å²) in [5.74, 6) is 0. The first-order valence-corrected chi connectivity index (χ1v) is 5.44. The zero-order valence-corrected chi connectivity index (χ0v) is 8.55. The van der Waals surface area contributed by atoms with Gasteiger partial charge in [0, 0.05) is 13.1 Å². The van der Waals surface area contributed by atoms with E-state index in [1.54, 1.807) is 5.06 Å². The van der Waals surface area contributed by atoms with Crippen LogP contribution in [0.4, 0.5) is 0 Å². The van der Waals surface area contributed by atoms with Gasteiger partial charge < -0.3 is 4.89 Å². The van der Waals surface area contributed by atoms with Crippen LogP contribution in [0.3, 0.4) is 0 Å². The molecule has 0 aliphatic carbocycles. The molecule has 0 aromatic carbocycles. The van der Waals surface area contributed by atoms with E-state index in [2.05, 4.69) is 13.8 Å². The van der Waals surface area contributed by atoms with Crippen LogP contribution in [0.25, 0.3) is 0 Å². The molecule has 1 saturated heterocycles. The van der Waals surface area contributed by atoms with Gasteiger partial charge in [-0.2, -0.15) is 5.06 Å². The molecule has 1 fully saturated rings. The Bertz CT molecular complexity index is 142. The first kappa shape index (κ1) is 10.4. The Labute approximate surface area is 74.6 Å². The van der Waals surface area contributed by atoms with E-state index in [-0.39, 0.29) is 0 Å². The first-order valence-electron chi connectivity index (χ1n) is 4.16. The van der Waals surface area contributed by atoms with Crippen LogP contribution in [0.2, 0.25) is 0 Å². The number of hydroxylamine groups is 2. The molecule has 1 atom stereocenters. The SMILES string of the molecule is CC1(C)CCN(OP(N)O)CC1. The Kier molecular flexibility index (Phi) is 3.44. The van der Waals surface area contributed by atoms with E-state index in [4.69, 9.17) is 15.0 Å². The van der Waals surface area contributed by atoms with Crippen LogP contribution in [0.5, 0.6) is 0 Å². The maximum Gasteiger partial charge on any atom is 0.268 e. The van der Waals surface area contributed by atoms with Crippen LogP contribution in [-0.2, 0) is 4.62 Å². The van der Waals surface area contributed by atoms with Crippen molar-refractivity contribution >= 4 is 8.53 Å². The molecule has 3 N–H and O–H groups in total. The average molecular weight is 192 g/mol. The van der Waals surface area contributed by atoms with Gasteiger partial charge >= 0.3 is 0 Å². The molecule has 0 spiro atoms. The number of hydrogen-bond donors (Lipinski definition) is 2. The van der Waals surface area contributed by atoms with Crippen LogP contribution in [0.15, 0.2) is 0 Å². The number of nitrogens with zero attached hydrogens (tertiary/aromatic N) is 1. The maximum atomic E-state index is 8.81. The van der Waals surface area contributed by atoms with Gasteiger partial charge in [0.2, 0.25) is 0 Å². The van der Waals surface area contributed by atoms with Crippen molar-refractivity contribution < 1.29 is 9.52 Å². The fraction of sp³-hybridized carbons (Fsp3) is 1.00. The Morgan fingerprint density at radius 1 is 1.42 bits per heavy atom. The van der Waals surface area contributed by atoms with Gasteiger partial charge in [0.25, 0.3) is 8.53 Å². The molecule has 12 heavy (non-hydrogen) atoms. The normalized spacial score (nSPS) is 27.0. The molecule has 5 heteroatoms. The van der Waals surface area contributed by atoms with E-state index in [0.717, 1.165) is 25.9 Å². The molecule has 1 unspecified atom stereocenters. The standard InChI is InChI=1S/C7H17N2O2P/c1-7(2)3-5-9(6-4-7)11-12(8)10/h10H,3-6,8H2,1-2H3. The van der Waals surface area contributed by atoms with Crippen molar-refractivity contribution in [3.63, 3.8) is 0 Å². The minimum Gasteiger partial charge on any atom is -0.337 e. The van der Waals surface area contributed by atoms with Crippen LogP contribution < -0.4 is 5.50 Å². The quantitative estimate of drug-likeness (QED) is 0.646. The second kappa shape index (κ2) is 3.99. The minimum atomic E-state index is -1.73. The topological polar surface area (TPSA) is 58.7 Å². The maximum absolute atomic E-state index is 8.81. The van der Waals surface area contributed by atoms with Gasteiger partial charge in [0.15, 0.2) is 0 Å². The largest absolute Gasteiger partial charge is 0.337 e. The zero-order chi connectivity index (χ0) is 9.19. The fourth-order valence-electron chi connectivity index (χ4n) is 1.29. The van der Waals surface area contributed by atoms with E-state index in [1.165, 1.54) is 0 Å². The summed E-state index contributed by atoms with van der Waals surface area (Å²) >= 11 is 0. The van der Waals surface area contributed by atoms with Gasteiger partial charge in [-0.1, -0.05) is 13.8 Å². The summed E-state index contributed by atoms with van der Waals surface area (Å²) in [6.45, 7) is 6.22. The van der Waals surface area contributed by atoms with Crippen LogP contribution >= 0.6 is 8.53 Å². The lowest BCUT2D eigenvalue weighted by Crippen LogP contribution is -2.36. The van der Waals surface area contributed by atoms with Crippen molar-refractivity contribution in [1.29, 1.82) is 0 Å². The second-order valence-electron chi connectivity index (χ2n) is 3.98. The van der Waals surface area contributed by atoms with Gasteiger partial charge in [-0.05, 0) is 18.3 Å². The molecule has 1 heterocycles. The van der Waals surface area contributed by atoms with Gasteiger partial charge in [0.05, 0.1) is 0 Å². The molecule has 0 radical (unpaired) electrons. The summed E-state index contributed by atoms with van der Waals surface area (Å²) in [6.07, 6.45) is 2.19. The Hall–Kier alpha value is 0.270. The molecule has 1 rings (SSSR count). The zero-order valence-electron chi connectivity index (χ0n) is 7.66. The molecule has 0 saturated carbocycles. The number of piperidine rings is 1. The van der Waals surface area contributed by atoms with E-state index in [9.17, 15) is 0 Å². The molecule has 0 aromatic rings. The van der Waals surface area contributed by atoms with Gasteiger partial charge in [-0.15, -0.1) is 0 Å². The molecular formula is C7H17N2O2P. The molecule has 1 aliphatic rings. The van der Waals surface area contributed by atoms with Crippen molar-refractivity contribution in [2.75, 3.05) is 13.1 Å². The van der Waals surface area contributed by atoms with Crippen molar-refractivity contribution in [3.8, 4) is 0 Å². The highest BCUT2D eigenvalue weighted by Crippen LogP contribution is 2.32. The summed E-state index contributed by atoms with van der Waals surface area (Å²) < 4.78 is 5.02. The number of nitrogens with two attached hydrogens (primary N) is 1. The summed E-state index contributed by atoms with van der Waals surface area (Å²) in [5.41, 5.74) is 5.56. The highest BCUT2D eigenvalue weighted by Gasteiger charge is 2.26. The predicted octanol–water partition coefficient (Wildman–Crippen LogP) is 1.22. The molecule has 0 amide bonds. The number of hydrogen-bond acceptors (Lipinski definition) is 4. The van der Waals surface area contributed by atoms with Crippen molar-refractivity contribution in [3.05, 3.63) is 0 Å². The summed E-state index contributed by atoms with van der Waals surface area (Å²) in [5, 5.41) is 1.76. The summed E-state index contributed by atoms with van der Waals surface area (Å²) in [6, 6.07) is 0. The van der Waals surface area contributed by atoms with E-state index in [0.29, 0.717) is 5.41 Å². The average Bonchev–Trinajstić information content (AvgIpc) is 1.93.